The summed E-state index contributed by atoms with van der Waals surface area (Å²) < 4.78 is 6.66. The summed E-state index contributed by atoms with van der Waals surface area (Å²) in [6, 6.07) is 3.28. The van der Waals surface area contributed by atoms with Crippen molar-refractivity contribution in [3.05, 3.63) is 18.6 Å². The normalized spacial score (nSPS) is 17.9. The van der Waals surface area contributed by atoms with Crippen molar-refractivity contribution in [1.82, 2.24) is 24.8 Å². The molecule has 2 aromatic heterocycles. The molecule has 0 spiro atoms. The van der Waals surface area contributed by atoms with Crippen molar-refractivity contribution in [2.24, 2.45) is 11.7 Å². The monoisotopic (exact) mass is 550 g/mol. The van der Waals surface area contributed by atoms with Gasteiger partial charge in [0.1, 0.15) is 24.6 Å². The van der Waals surface area contributed by atoms with Crippen molar-refractivity contribution in [2.75, 3.05) is 38.7 Å². The van der Waals surface area contributed by atoms with E-state index in [1.165, 1.54) is 13.4 Å². The summed E-state index contributed by atoms with van der Waals surface area (Å²) in [6.07, 6.45) is 6.13. The molecule has 0 bridgehead atoms. The summed E-state index contributed by atoms with van der Waals surface area (Å²) >= 11 is 5.62. The lowest BCUT2D eigenvalue weighted by molar-refractivity contribution is -0.142. The number of nitrogens with one attached hydrogen (secondary N) is 1. The zero-order valence-electron chi connectivity index (χ0n) is 21.4. The number of likely N-dealkylation sites (tertiary alicyclic amines) is 1. The van der Waals surface area contributed by atoms with E-state index in [9.17, 15) is 9.59 Å². The second-order valence-electron chi connectivity index (χ2n) is 9.05. The van der Waals surface area contributed by atoms with Crippen LogP contribution in [0.1, 0.15) is 39.0 Å². The van der Waals surface area contributed by atoms with Gasteiger partial charge >= 0.3 is 5.97 Å². The summed E-state index contributed by atoms with van der Waals surface area (Å²) in [6.45, 7) is 3.88. The first-order chi connectivity index (χ1) is 17.3. The van der Waals surface area contributed by atoms with Crippen molar-refractivity contribution in [1.29, 1.82) is 5.26 Å². The van der Waals surface area contributed by atoms with Crippen LogP contribution in [0.25, 0.3) is 11.0 Å². The number of amides is 1. The quantitative estimate of drug-likeness (QED) is 0.269. The van der Waals surface area contributed by atoms with Crippen LogP contribution in [-0.4, -0.2) is 82.3 Å². The molecular formula is C24H35ClN8O3S. The number of carbonyl (C=O) groups excluding carboxylic acids is 2. The number of methoxy groups -OCH3 is 1. The molecule has 13 heteroatoms. The zero-order valence-corrected chi connectivity index (χ0v) is 23.1. The van der Waals surface area contributed by atoms with Crippen molar-refractivity contribution in [3.8, 4) is 6.07 Å². The standard InChI is InChI=1S/C24H34N8O3S.ClH/c1-16-8-12-31(20(33)7-11-26)14-19(16)30(2)21-17-9-13-32(22(17)28-15-27-21)24(36)29-18(23(34)35-3)6-4-5-10-25;/h9,13,15-16,18-19H,4-8,10,12,14,25H2,1-3H3,(H,29,36);1H/t16-,18+,19+;/m1./s1. The first-order valence-corrected chi connectivity index (χ1v) is 12.5. The van der Waals surface area contributed by atoms with Crippen molar-refractivity contribution < 1.29 is 14.3 Å². The van der Waals surface area contributed by atoms with Crippen molar-refractivity contribution in [3.63, 3.8) is 0 Å². The van der Waals surface area contributed by atoms with Gasteiger partial charge in [0, 0.05) is 26.3 Å². The van der Waals surface area contributed by atoms with Gasteiger partial charge in [-0.05, 0) is 56.4 Å². The molecule has 3 atom stereocenters. The minimum absolute atomic E-state index is 0. The number of nitriles is 1. The Morgan fingerprint density at radius 3 is 2.84 bits per heavy atom. The molecule has 202 valence electrons. The number of ether oxygens (including phenoxy) is 1. The van der Waals surface area contributed by atoms with E-state index in [4.69, 9.17) is 28.0 Å². The Kier molecular flexibility index (Phi) is 11.5. The molecule has 0 saturated carbocycles. The van der Waals surface area contributed by atoms with Gasteiger partial charge < -0.3 is 25.6 Å². The van der Waals surface area contributed by atoms with E-state index in [-0.39, 0.29) is 36.7 Å². The second kappa shape index (κ2) is 14.1. The number of thiocarbonyl (C=S) groups is 1. The minimum Gasteiger partial charge on any atom is -0.467 e. The van der Waals surface area contributed by atoms with E-state index in [0.29, 0.717) is 42.7 Å². The number of aromatic nitrogens is 3. The number of nitrogens with zero attached hydrogens (tertiary/aromatic N) is 6. The Labute approximate surface area is 228 Å². The number of nitrogens with two attached hydrogens (primary N) is 1. The van der Waals surface area contributed by atoms with E-state index >= 15 is 0 Å². The highest BCUT2D eigenvalue weighted by Gasteiger charge is 2.33. The number of halogens is 1. The van der Waals surface area contributed by atoms with E-state index in [2.05, 4.69) is 27.1 Å². The van der Waals surface area contributed by atoms with Crippen LogP contribution in [0.2, 0.25) is 0 Å². The van der Waals surface area contributed by atoms with Gasteiger partial charge in [-0.15, -0.1) is 12.4 Å². The van der Waals surface area contributed by atoms with Gasteiger partial charge in [-0.2, -0.15) is 5.26 Å². The van der Waals surface area contributed by atoms with Crippen LogP contribution in [0.15, 0.2) is 18.6 Å². The third-order valence-electron chi connectivity index (χ3n) is 6.74. The number of likely N-dealkylation sites (N-methyl/N-ethyl adjacent to an activating group) is 1. The molecule has 3 rings (SSSR count). The van der Waals surface area contributed by atoms with Gasteiger partial charge in [0.25, 0.3) is 0 Å². The summed E-state index contributed by atoms with van der Waals surface area (Å²) in [7, 11) is 3.31. The van der Waals surface area contributed by atoms with E-state index in [0.717, 1.165) is 30.5 Å². The predicted molar refractivity (Wildman–Crippen MR) is 147 cm³/mol. The number of piperidine rings is 1. The van der Waals surface area contributed by atoms with Gasteiger partial charge in [-0.25, -0.2) is 14.8 Å². The van der Waals surface area contributed by atoms with E-state index in [1.807, 2.05) is 19.2 Å². The number of rotatable bonds is 9. The summed E-state index contributed by atoms with van der Waals surface area (Å²) in [5, 5.41) is 13.2. The third kappa shape index (κ3) is 7.06. The predicted octanol–water partition coefficient (Wildman–Crippen LogP) is 1.83. The van der Waals surface area contributed by atoms with Crippen LogP contribution in [-0.2, 0) is 14.3 Å². The fraction of sp³-hybridized carbons (Fsp3) is 0.583. The molecule has 11 nitrogen and oxygen atoms in total. The lowest BCUT2D eigenvalue weighted by Gasteiger charge is -2.42. The van der Waals surface area contributed by atoms with Gasteiger partial charge in [0.05, 0.1) is 24.6 Å². The number of unbranched alkanes of at least 4 members (excludes halogenated alkanes) is 1. The number of anilines is 1. The molecule has 1 aliphatic rings. The maximum Gasteiger partial charge on any atom is 0.328 e. The van der Waals surface area contributed by atoms with Crippen LogP contribution in [0.4, 0.5) is 5.82 Å². The van der Waals surface area contributed by atoms with Gasteiger partial charge in [-0.1, -0.05) is 6.92 Å². The van der Waals surface area contributed by atoms with Crippen LogP contribution in [0.5, 0.6) is 0 Å². The minimum atomic E-state index is -0.587. The molecule has 1 saturated heterocycles. The molecule has 1 fully saturated rings. The average molecular weight is 551 g/mol. The maximum atomic E-state index is 12.3. The molecule has 37 heavy (non-hydrogen) atoms. The molecule has 1 amide bonds. The fourth-order valence-electron chi connectivity index (χ4n) is 4.60. The lowest BCUT2D eigenvalue weighted by atomic mass is 9.92. The number of carbonyl (C=O) groups is 2. The average Bonchev–Trinajstić information content (AvgIpc) is 3.32. The third-order valence-corrected chi connectivity index (χ3v) is 7.06. The summed E-state index contributed by atoms with van der Waals surface area (Å²) in [5.74, 6) is 0.512. The Morgan fingerprint density at radius 1 is 1.41 bits per heavy atom. The smallest absolute Gasteiger partial charge is 0.328 e. The largest absolute Gasteiger partial charge is 0.467 e. The highest BCUT2D eigenvalue weighted by atomic mass is 35.5. The lowest BCUT2D eigenvalue weighted by Crippen LogP contribution is -2.52. The number of esters is 1. The number of fused-ring (bicyclic) bond motifs is 1. The first-order valence-electron chi connectivity index (χ1n) is 12.1. The topological polar surface area (TPSA) is 142 Å². The molecular weight excluding hydrogens is 516 g/mol. The Bertz CT molecular complexity index is 1140. The van der Waals surface area contributed by atoms with Gasteiger partial charge in [0.15, 0.2) is 10.8 Å². The van der Waals surface area contributed by atoms with Gasteiger partial charge in [-0.3, -0.25) is 9.36 Å². The highest BCUT2D eigenvalue weighted by molar-refractivity contribution is 7.80. The molecule has 2 aromatic rings. The first kappa shape index (κ1) is 30.2. The van der Waals surface area contributed by atoms with Crippen molar-refractivity contribution >= 4 is 58.5 Å². The highest BCUT2D eigenvalue weighted by Crippen LogP contribution is 2.29. The Morgan fingerprint density at radius 2 is 2.16 bits per heavy atom. The molecule has 0 aliphatic carbocycles. The number of hydrogen-bond acceptors (Lipinski definition) is 9. The molecule has 3 N–H and O–H groups in total. The van der Waals surface area contributed by atoms with Crippen LogP contribution in [0.3, 0.4) is 0 Å². The maximum absolute atomic E-state index is 12.3. The number of hydrogen-bond donors (Lipinski definition) is 2. The van der Waals surface area contributed by atoms with Crippen LogP contribution < -0.4 is 16.0 Å². The van der Waals surface area contributed by atoms with Crippen molar-refractivity contribution in [2.45, 2.75) is 51.1 Å². The molecule has 0 radical (unpaired) electrons. The SMILES string of the molecule is COC(=O)[C@H](CCCCN)NC(=S)n1ccc2c(N(C)[C@H]3CN(C(=O)CC#N)CC[C@H]3C)ncnc21.Cl. The van der Waals surface area contributed by atoms with E-state index < -0.39 is 6.04 Å². The molecule has 1 aliphatic heterocycles. The van der Waals surface area contributed by atoms with Gasteiger partial charge in [0.2, 0.25) is 5.91 Å². The fourth-order valence-corrected chi connectivity index (χ4v) is 4.89. The molecule has 3 heterocycles. The zero-order chi connectivity index (χ0) is 26.2. The van der Waals surface area contributed by atoms with E-state index in [1.54, 1.807) is 15.7 Å². The Hall–Kier alpha value is -3.01. The Balaban J connectivity index is 0.00000481. The second-order valence-corrected chi connectivity index (χ2v) is 9.44. The molecule has 0 unspecified atom stereocenters. The summed E-state index contributed by atoms with van der Waals surface area (Å²) in [4.78, 5) is 37.4. The summed E-state index contributed by atoms with van der Waals surface area (Å²) in [5.41, 5.74) is 6.19. The van der Waals surface area contributed by atoms with Crippen LogP contribution >= 0.6 is 24.6 Å². The molecule has 0 aromatic carbocycles. The van der Waals surface area contributed by atoms with Crippen LogP contribution in [0, 0.1) is 17.2 Å².